The number of rotatable bonds is 1. The Morgan fingerprint density at radius 3 is 2.94 bits per heavy atom. The number of piperidine rings is 1. The van der Waals surface area contributed by atoms with Crippen LogP contribution in [0.4, 0.5) is 0 Å². The van der Waals surface area contributed by atoms with Gasteiger partial charge in [0.25, 0.3) is 5.91 Å². The van der Waals surface area contributed by atoms with Gasteiger partial charge in [0.1, 0.15) is 0 Å². The summed E-state index contributed by atoms with van der Waals surface area (Å²) in [4.78, 5) is 15.4. The van der Waals surface area contributed by atoms with E-state index in [-0.39, 0.29) is 5.91 Å². The number of alkyl halides is 1. The van der Waals surface area contributed by atoms with Crippen molar-refractivity contribution in [2.24, 2.45) is 0 Å². The number of aryl methyl sites for hydroxylation is 1. The van der Waals surface area contributed by atoms with Crippen molar-refractivity contribution in [3.63, 3.8) is 0 Å². The Balaban J connectivity index is 2.12. The predicted octanol–water partition coefficient (Wildman–Crippen LogP) is 3.82. The fraction of sp³-hybridized carbons (Fsp3) is 0.545. The van der Waals surface area contributed by atoms with Crippen LogP contribution in [-0.2, 0) is 0 Å². The van der Waals surface area contributed by atoms with Gasteiger partial charge in [0, 0.05) is 17.9 Å². The summed E-state index contributed by atoms with van der Waals surface area (Å²) in [5, 5.41) is 0. The molecule has 1 aromatic rings. The van der Waals surface area contributed by atoms with E-state index >= 15 is 0 Å². The molecule has 1 fully saturated rings. The summed E-state index contributed by atoms with van der Waals surface area (Å²) in [5.41, 5.74) is 1.14. The third-order valence-corrected chi connectivity index (χ3v) is 5.59. The van der Waals surface area contributed by atoms with E-state index < -0.39 is 0 Å². The van der Waals surface area contributed by atoms with Gasteiger partial charge in [-0.25, -0.2) is 0 Å². The van der Waals surface area contributed by atoms with Crippen LogP contribution in [-0.4, -0.2) is 28.7 Å². The summed E-state index contributed by atoms with van der Waals surface area (Å²) in [5.74, 6) is 0.169. The molecule has 1 aliphatic heterocycles. The van der Waals surface area contributed by atoms with Gasteiger partial charge in [0.05, 0.1) is 8.66 Å². The van der Waals surface area contributed by atoms with Gasteiger partial charge in [0.15, 0.2) is 0 Å². The average molecular weight is 367 g/mol. The maximum absolute atomic E-state index is 12.2. The molecule has 1 aliphatic rings. The normalized spacial score (nSPS) is 21.2. The number of nitrogens with zero attached hydrogens (tertiary/aromatic N) is 1. The molecule has 0 spiro atoms. The molecular weight excluding hydrogens is 354 g/mol. The standard InChI is InChI=1S/C11H13Br2NOS/c1-7-5-9(16-10(7)13)11(15)14-4-2-3-8(12)6-14/h5,8H,2-4,6H2,1H3. The lowest BCUT2D eigenvalue weighted by Gasteiger charge is -2.29. The number of hydrogen-bond acceptors (Lipinski definition) is 2. The molecule has 0 saturated carbocycles. The molecule has 0 aliphatic carbocycles. The Kier molecular flexibility index (Phi) is 4.08. The summed E-state index contributed by atoms with van der Waals surface area (Å²) < 4.78 is 1.06. The molecule has 1 unspecified atom stereocenters. The van der Waals surface area contributed by atoms with Crippen LogP contribution in [0.25, 0.3) is 0 Å². The zero-order chi connectivity index (χ0) is 11.7. The summed E-state index contributed by atoms with van der Waals surface area (Å²) in [6, 6.07) is 1.97. The Bertz CT molecular complexity index is 385. The van der Waals surface area contributed by atoms with E-state index in [0.717, 1.165) is 40.2 Å². The lowest BCUT2D eigenvalue weighted by molar-refractivity contribution is 0.0735. The van der Waals surface area contributed by atoms with Crippen molar-refractivity contribution in [1.82, 2.24) is 4.90 Å². The molecule has 0 bridgehead atoms. The van der Waals surface area contributed by atoms with Crippen LogP contribution in [0.5, 0.6) is 0 Å². The van der Waals surface area contributed by atoms with Gasteiger partial charge in [-0.2, -0.15) is 0 Å². The minimum atomic E-state index is 0.169. The summed E-state index contributed by atoms with van der Waals surface area (Å²) in [6.07, 6.45) is 2.25. The van der Waals surface area contributed by atoms with Gasteiger partial charge in [0.2, 0.25) is 0 Å². The topological polar surface area (TPSA) is 20.3 Å². The largest absolute Gasteiger partial charge is 0.337 e. The van der Waals surface area contributed by atoms with Gasteiger partial charge in [-0.15, -0.1) is 11.3 Å². The Labute approximate surface area is 116 Å². The van der Waals surface area contributed by atoms with Gasteiger partial charge in [-0.1, -0.05) is 15.9 Å². The Morgan fingerprint density at radius 1 is 1.62 bits per heavy atom. The first-order chi connectivity index (χ1) is 7.58. The quantitative estimate of drug-likeness (QED) is 0.692. The van der Waals surface area contributed by atoms with Gasteiger partial charge in [-0.3, -0.25) is 4.79 Å². The number of halogens is 2. The van der Waals surface area contributed by atoms with E-state index in [1.807, 2.05) is 17.9 Å². The third-order valence-electron chi connectivity index (χ3n) is 2.72. The molecule has 0 radical (unpaired) electrons. The van der Waals surface area contributed by atoms with Crippen LogP contribution in [0.15, 0.2) is 9.85 Å². The molecular formula is C11H13Br2NOS. The van der Waals surface area contributed by atoms with E-state index in [2.05, 4.69) is 31.9 Å². The van der Waals surface area contributed by atoms with Crippen molar-refractivity contribution in [2.75, 3.05) is 13.1 Å². The first-order valence-corrected chi connectivity index (χ1v) is 7.79. The molecule has 1 amide bonds. The summed E-state index contributed by atoms with van der Waals surface area (Å²) in [7, 11) is 0. The average Bonchev–Trinajstić information content (AvgIpc) is 2.58. The lowest BCUT2D eigenvalue weighted by atomic mass is 10.1. The van der Waals surface area contributed by atoms with Crippen LogP contribution in [0.1, 0.15) is 28.1 Å². The molecule has 1 atom stereocenters. The van der Waals surface area contributed by atoms with E-state index in [1.54, 1.807) is 0 Å². The van der Waals surface area contributed by atoms with Crippen molar-refractivity contribution < 1.29 is 4.79 Å². The van der Waals surface area contributed by atoms with E-state index in [9.17, 15) is 4.79 Å². The second kappa shape index (κ2) is 5.19. The molecule has 16 heavy (non-hydrogen) atoms. The van der Waals surface area contributed by atoms with Crippen molar-refractivity contribution in [3.05, 3.63) is 20.3 Å². The molecule has 2 heterocycles. The number of amides is 1. The SMILES string of the molecule is Cc1cc(C(=O)N2CCCC(Br)C2)sc1Br. The first kappa shape index (κ1) is 12.6. The first-order valence-electron chi connectivity index (χ1n) is 5.27. The highest BCUT2D eigenvalue weighted by molar-refractivity contribution is 9.11. The van der Waals surface area contributed by atoms with Crippen LogP contribution in [0.2, 0.25) is 0 Å². The zero-order valence-corrected chi connectivity index (χ0v) is 13.0. The smallest absolute Gasteiger partial charge is 0.264 e. The summed E-state index contributed by atoms with van der Waals surface area (Å²) in [6.45, 7) is 3.73. The monoisotopic (exact) mass is 365 g/mol. The molecule has 2 rings (SSSR count). The van der Waals surface area contributed by atoms with Crippen molar-refractivity contribution in [2.45, 2.75) is 24.6 Å². The molecule has 5 heteroatoms. The zero-order valence-electron chi connectivity index (χ0n) is 9.00. The molecule has 1 saturated heterocycles. The van der Waals surface area contributed by atoms with Gasteiger partial charge < -0.3 is 4.90 Å². The number of likely N-dealkylation sites (tertiary alicyclic amines) is 1. The van der Waals surface area contributed by atoms with Crippen molar-refractivity contribution in [1.29, 1.82) is 0 Å². The maximum Gasteiger partial charge on any atom is 0.264 e. The van der Waals surface area contributed by atoms with Crippen molar-refractivity contribution >= 4 is 49.1 Å². The van der Waals surface area contributed by atoms with E-state index in [4.69, 9.17) is 0 Å². The van der Waals surface area contributed by atoms with E-state index in [0.29, 0.717) is 4.83 Å². The lowest BCUT2D eigenvalue weighted by Crippen LogP contribution is -2.39. The minimum absolute atomic E-state index is 0.169. The van der Waals surface area contributed by atoms with Gasteiger partial charge in [-0.05, 0) is 47.3 Å². The molecule has 88 valence electrons. The number of hydrogen-bond donors (Lipinski definition) is 0. The summed E-state index contributed by atoms with van der Waals surface area (Å²) >= 11 is 8.58. The number of carbonyl (C=O) groups is 1. The highest BCUT2D eigenvalue weighted by Gasteiger charge is 2.24. The molecule has 2 nitrogen and oxygen atoms in total. The minimum Gasteiger partial charge on any atom is -0.337 e. The molecule has 0 N–H and O–H groups in total. The maximum atomic E-state index is 12.2. The fourth-order valence-corrected chi connectivity index (χ4v) is 4.01. The highest BCUT2D eigenvalue weighted by atomic mass is 79.9. The van der Waals surface area contributed by atoms with E-state index in [1.165, 1.54) is 11.3 Å². The number of thiophene rings is 1. The highest BCUT2D eigenvalue weighted by Crippen LogP contribution is 2.29. The van der Waals surface area contributed by atoms with Crippen LogP contribution >= 0.6 is 43.2 Å². The third kappa shape index (κ3) is 2.68. The van der Waals surface area contributed by atoms with Crippen molar-refractivity contribution in [3.8, 4) is 0 Å². The Morgan fingerprint density at radius 2 is 2.38 bits per heavy atom. The Hall–Kier alpha value is 0.130. The molecule has 0 aromatic carbocycles. The van der Waals surface area contributed by atoms with Crippen LogP contribution in [0.3, 0.4) is 0 Å². The predicted molar refractivity (Wildman–Crippen MR) is 74.6 cm³/mol. The fourth-order valence-electron chi connectivity index (χ4n) is 1.83. The molecule has 1 aromatic heterocycles. The van der Waals surface area contributed by atoms with Gasteiger partial charge >= 0.3 is 0 Å². The van der Waals surface area contributed by atoms with Crippen LogP contribution < -0.4 is 0 Å². The second-order valence-corrected chi connectivity index (χ2v) is 7.72. The van der Waals surface area contributed by atoms with Crippen LogP contribution in [0, 0.1) is 6.92 Å². The second-order valence-electron chi connectivity index (χ2n) is 4.06. The number of carbonyl (C=O) groups excluding carboxylic acids is 1.